The van der Waals surface area contributed by atoms with E-state index in [1.165, 1.54) is 18.5 Å². The summed E-state index contributed by atoms with van der Waals surface area (Å²) in [6.07, 6.45) is 2.43. The minimum Gasteiger partial charge on any atom is -0.462 e. The molecule has 0 bridgehead atoms. The number of H-pyrrole nitrogens is 2. The SMILES string of the molecule is CCOC(=O)c1c[nH]c2nc3[nH]cc(C(=O)OCC)c(=O)c3cc2c1=O. The molecule has 0 fully saturated rings. The smallest absolute Gasteiger partial charge is 0.343 e. The normalized spacial score (nSPS) is 10.8. The van der Waals surface area contributed by atoms with Crippen molar-refractivity contribution in [3.8, 4) is 0 Å². The van der Waals surface area contributed by atoms with Crippen LogP contribution in [-0.2, 0) is 9.47 Å². The van der Waals surface area contributed by atoms with E-state index < -0.39 is 22.8 Å². The van der Waals surface area contributed by atoms with Crippen molar-refractivity contribution in [3.63, 3.8) is 0 Å². The number of hydrogen-bond donors (Lipinski definition) is 2. The second kappa shape index (κ2) is 6.79. The van der Waals surface area contributed by atoms with E-state index in [1.54, 1.807) is 13.8 Å². The zero-order chi connectivity index (χ0) is 18.8. The van der Waals surface area contributed by atoms with Crippen LogP contribution in [0.25, 0.3) is 22.1 Å². The molecular formula is C17H15N3O6. The number of carbonyl (C=O) groups is 2. The third-order valence-corrected chi connectivity index (χ3v) is 3.70. The first-order valence-corrected chi connectivity index (χ1v) is 7.90. The first-order valence-electron chi connectivity index (χ1n) is 7.90. The van der Waals surface area contributed by atoms with Crippen LogP contribution in [0, 0.1) is 0 Å². The molecule has 3 aromatic rings. The zero-order valence-electron chi connectivity index (χ0n) is 14.0. The first-order chi connectivity index (χ1) is 12.5. The van der Waals surface area contributed by atoms with Gasteiger partial charge in [-0.15, -0.1) is 0 Å². The monoisotopic (exact) mass is 357 g/mol. The highest BCUT2D eigenvalue weighted by atomic mass is 16.5. The number of pyridine rings is 3. The van der Waals surface area contributed by atoms with Crippen LogP contribution in [0.1, 0.15) is 34.6 Å². The Bertz CT molecular complexity index is 1060. The summed E-state index contributed by atoms with van der Waals surface area (Å²) in [7, 11) is 0. The van der Waals surface area contributed by atoms with Gasteiger partial charge in [-0.25, -0.2) is 14.6 Å². The minimum atomic E-state index is -0.773. The molecule has 2 N–H and O–H groups in total. The molecule has 0 aliphatic heterocycles. The van der Waals surface area contributed by atoms with Crippen LogP contribution in [0.3, 0.4) is 0 Å². The summed E-state index contributed by atoms with van der Waals surface area (Å²) in [5.74, 6) is -1.55. The molecule has 0 amide bonds. The lowest BCUT2D eigenvalue weighted by atomic mass is 10.1. The van der Waals surface area contributed by atoms with Gasteiger partial charge in [0.2, 0.25) is 10.9 Å². The van der Waals surface area contributed by atoms with Gasteiger partial charge in [0.05, 0.1) is 24.0 Å². The maximum atomic E-state index is 12.6. The molecule has 3 aromatic heterocycles. The zero-order valence-corrected chi connectivity index (χ0v) is 14.0. The van der Waals surface area contributed by atoms with Crippen molar-refractivity contribution in [1.29, 1.82) is 0 Å². The van der Waals surface area contributed by atoms with E-state index in [-0.39, 0.29) is 46.4 Å². The average Bonchev–Trinajstić information content (AvgIpc) is 2.61. The first kappa shape index (κ1) is 17.3. The molecule has 9 heteroatoms. The molecule has 3 heterocycles. The summed E-state index contributed by atoms with van der Waals surface area (Å²) in [5, 5.41) is 0.0733. The second-order valence-corrected chi connectivity index (χ2v) is 5.28. The molecule has 0 saturated heterocycles. The molecule has 0 aromatic carbocycles. The van der Waals surface area contributed by atoms with E-state index in [9.17, 15) is 19.2 Å². The van der Waals surface area contributed by atoms with Crippen molar-refractivity contribution in [2.75, 3.05) is 13.2 Å². The topological polar surface area (TPSA) is 131 Å². The van der Waals surface area contributed by atoms with Crippen LogP contribution in [0.4, 0.5) is 0 Å². The van der Waals surface area contributed by atoms with Gasteiger partial charge in [-0.1, -0.05) is 0 Å². The number of nitrogens with one attached hydrogen (secondary N) is 2. The highest BCUT2D eigenvalue weighted by Gasteiger charge is 2.18. The van der Waals surface area contributed by atoms with Gasteiger partial charge in [-0.05, 0) is 19.9 Å². The Morgan fingerprint density at radius 2 is 1.31 bits per heavy atom. The van der Waals surface area contributed by atoms with Gasteiger partial charge in [0.15, 0.2) is 0 Å². The van der Waals surface area contributed by atoms with Gasteiger partial charge >= 0.3 is 11.9 Å². The van der Waals surface area contributed by atoms with E-state index in [1.807, 2.05) is 0 Å². The van der Waals surface area contributed by atoms with E-state index in [0.29, 0.717) is 0 Å². The van der Waals surface area contributed by atoms with E-state index in [4.69, 9.17) is 9.47 Å². The van der Waals surface area contributed by atoms with Crippen molar-refractivity contribution in [3.05, 3.63) is 50.0 Å². The summed E-state index contributed by atoms with van der Waals surface area (Å²) < 4.78 is 9.68. The molecule has 9 nitrogen and oxygen atoms in total. The highest BCUT2D eigenvalue weighted by molar-refractivity contribution is 5.98. The Labute approximate surface area is 146 Å². The number of hydrogen-bond acceptors (Lipinski definition) is 7. The van der Waals surface area contributed by atoms with Crippen LogP contribution in [-0.4, -0.2) is 40.1 Å². The number of carbonyl (C=O) groups excluding carboxylic acids is 2. The van der Waals surface area contributed by atoms with Crippen LogP contribution < -0.4 is 10.9 Å². The van der Waals surface area contributed by atoms with Gasteiger partial charge in [-0.2, -0.15) is 0 Å². The van der Waals surface area contributed by atoms with E-state index in [2.05, 4.69) is 15.0 Å². The lowest BCUT2D eigenvalue weighted by Gasteiger charge is -2.06. The largest absolute Gasteiger partial charge is 0.462 e. The Morgan fingerprint density at radius 1 is 0.885 bits per heavy atom. The average molecular weight is 357 g/mol. The van der Waals surface area contributed by atoms with E-state index in [0.717, 1.165) is 0 Å². The maximum absolute atomic E-state index is 12.6. The number of ether oxygens (including phenoxy) is 2. The van der Waals surface area contributed by atoms with Crippen molar-refractivity contribution in [2.24, 2.45) is 0 Å². The molecule has 3 rings (SSSR count). The lowest BCUT2D eigenvalue weighted by Crippen LogP contribution is -2.21. The number of aromatic amines is 2. The summed E-state index contributed by atoms with van der Waals surface area (Å²) in [4.78, 5) is 58.5. The minimum absolute atomic E-state index is 0.0366. The number of nitrogens with zero attached hydrogens (tertiary/aromatic N) is 1. The number of fused-ring (bicyclic) bond motifs is 2. The van der Waals surface area contributed by atoms with Crippen molar-refractivity contribution in [2.45, 2.75) is 13.8 Å². The molecule has 0 aliphatic carbocycles. The van der Waals surface area contributed by atoms with E-state index >= 15 is 0 Å². The molecular weight excluding hydrogens is 342 g/mol. The predicted octanol–water partition coefficient (Wildman–Crippen LogP) is 1.12. The quantitative estimate of drug-likeness (QED) is 0.528. The van der Waals surface area contributed by atoms with Crippen molar-refractivity contribution in [1.82, 2.24) is 15.0 Å². The van der Waals surface area contributed by atoms with Gasteiger partial charge < -0.3 is 19.4 Å². The number of esters is 2. The molecule has 134 valence electrons. The van der Waals surface area contributed by atoms with Crippen LogP contribution in [0.15, 0.2) is 28.0 Å². The Kier molecular flexibility index (Phi) is 4.53. The number of rotatable bonds is 4. The lowest BCUT2D eigenvalue weighted by molar-refractivity contribution is 0.0515. The van der Waals surface area contributed by atoms with Gasteiger partial charge in [0.1, 0.15) is 22.4 Å². The standard InChI is InChI=1S/C17H15N3O6/c1-3-25-16(23)10-6-18-14-8(12(10)21)5-9-13(22)11(17(24)26-4-2)7-19-15(9)20-14/h5-7H,3-4H2,1-2H3,(H2,18,19,20,21,22). The van der Waals surface area contributed by atoms with Crippen LogP contribution in [0.5, 0.6) is 0 Å². The summed E-state index contributed by atoms with van der Waals surface area (Å²) in [6.45, 7) is 3.49. The molecule has 0 aliphatic rings. The summed E-state index contributed by atoms with van der Waals surface area (Å²) >= 11 is 0. The van der Waals surface area contributed by atoms with Gasteiger partial charge in [-0.3, -0.25) is 9.59 Å². The second-order valence-electron chi connectivity index (χ2n) is 5.28. The Morgan fingerprint density at radius 3 is 1.69 bits per heavy atom. The third-order valence-electron chi connectivity index (χ3n) is 3.70. The molecule has 0 saturated carbocycles. The van der Waals surface area contributed by atoms with Crippen molar-refractivity contribution < 1.29 is 19.1 Å². The fourth-order valence-electron chi connectivity index (χ4n) is 2.50. The van der Waals surface area contributed by atoms with Crippen LogP contribution in [0.2, 0.25) is 0 Å². The van der Waals surface area contributed by atoms with Crippen molar-refractivity contribution >= 4 is 34.0 Å². The fraction of sp³-hybridized carbons (Fsp3) is 0.235. The summed E-state index contributed by atoms with van der Waals surface area (Å²) in [5.41, 5.74) is -1.25. The maximum Gasteiger partial charge on any atom is 0.343 e. The molecule has 0 atom stereocenters. The third kappa shape index (κ3) is 2.83. The molecule has 0 radical (unpaired) electrons. The molecule has 0 unspecified atom stereocenters. The fourth-order valence-corrected chi connectivity index (χ4v) is 2.50. The predicted molar refractivity (Wildman–Crippen MR) is 92.4 cm³/mol. The molecule has 0 spiro atoms. The Balaban J connectivity index is 2.27. The number of aromatic nitrogens is 3. The molecule has 26 heavy (non-hydrogen) atoms. The van der Waals surface area contributed by atoms with Gasteiger partial charge in [0.25, 0.3) is 0 Å². The van der Waals surface area contributed by atoms with Gasteiger partial charge in [0, 0.05) is 12.4 Å². The Hall–Kier alpha value is -3.49. The van der Waals surface area contributed by atoms with Crippen LogP contribution >= 0.6 is 0 Å². The highest BCUT2D eigenvalue weighted by Crippen LogP contribution is 2.13. The summed E-state index contributed by atoms with van der Waals surface area (Å²) in [6, 6.07) is 1.29.